The molecule has 156 valence electrons. The van der Waals surface area contributed by atoms with Gasteiger partial charge in [-0.05, 0) is 58.9 Å². The number of aryl methyl sites for hydroxylation is 1. The van der Waals surface area contributed by atoms with Crippen molar-refractivity contribution >= 4 is 17.9 Å². The molecule has 0 aliphatic carbocycles. The second kappa shape index (κ2) is 8.71. The molecule has 3 heterocycles. The molecule has 0 radical (unpaired) electrons. The van der Waals surface area contributed by atoms with Crippen LogP contribution in [-0.2, 0) is 11.2 Å². The fraction of sp³-hybridized carbons (Fsp3) is 0.571. The molecule has 0 spiro atoms. The minimum atomic E-state index is -0.477. The number of anilines is 2. The van der Waals surface area contributed by atoms with Gasteiger partial charge in [-0.1, -0.05) is 0 Å². The van der Waals surface area contributed by atoms with Gasteiger partial charge in [0.05, 0.1) is 18.1 Å². The van der Waals surface area contributed by atoms with Crippen LogP contribution in [0.2, 0.25) is 0 Å². The monoisotopic (exact) mass is 398 g/mol. The third-order valence-electron chi connectivity index (χ3n) is 4.78. The minimum absolute atomic E-state index is 0.233. The number of hydrogen-bond acceptors (Lipinski definition) is 7. The summed E-state index contributed by atoms with van der Waals surface area (Å²) in [4.78, 5) is 33.8. The van der Waals surface area contributed by atoms with Gasteiger partial charge in [0.1, 0.15) is 5.60 Å². The van der Waals surface area contributed by atoms with Crippen molar-refractivity contribution in [3.63, 3.8) is 0 Å². The number of nitrogens with zero attached hydrogens (tertiary/aromatic N) is 6. The minimum Gasteiger partial charge on any atom is -0.444 e. The molecule has 0 saturated carbocycles. The van der Waals surface area contributed by atoms with Gasteiger partial charge in [-0.25, -0.2) is 19.7 Å². The number of likely N-dealkylation sites (tertiary alicyclic amines) is 1. The molecule has 0 aromatic carbocycles. The molecule has 2 aromatic rings. The van der Waals surface area contributed by atoms with Crippen LogP contribution in [0.25, 0.3) is 0 Å². The Bertz CT molecular complexity index is 834. The smallest absolute Gasteiger partial charge is 0.410 e. The Balaban J connectivity index is 1.65. The van der Waals surface area contributed by atoms with Crippen LogP contribution in [0.3, 0.4) is 0 Å². The van der Waals surface area contributed by atoms with Gasteiger partial charge in [-0.2, -0.15) is 0 Å². The Morgan fingerprint density at radius 3 is 2.76 bits per heavy atom. The first-order valence-electron chi connectivity index (χ1n) is 10.0. The summed E-state index contributed by atoms with van der Waals surface area (Å²) in [5.74, 6) is 1.63. The van der Waals surface area contributed by atoms with Gasteiger partial charge in [-0.15, -0.1) is 0 Å². The van der Waals surface area contributed by atoms with Crippen molar-refractivity contribution in [2.75, 3.05) is 25.0 Å². The second-order valence-electron chi connectivity index (χ2n) is 8.56. The third kappa shape index (κ3) is 5.85. The lowest BCUT2D eigenvalue weighted by molar-refractivity contribution is 0.0165. The van der Waals surface area contributed by atoms with E-state index in [4.69, 9.17) is 9.72 Å². The molecular weight excluding hydrogens is 368 g/mol. The van der Waals surface area contributed by atoms with E-state index < -0.39 is 5.60 Å². The Morgan fingerprint density at radius 1 is 1.28 bits per heavy atom. The standard InChI is InChI=1S/C21H30N6O2/c1-15-12-24-18(13-23-15)26(5)19-22-9-8-17(25-19)11-16-7-6-10-27(14-16)20(28)29-21(2,3)4/h8-9,12-13,16H,6-7,10-11,14H2,1-5H3/t16-/m1/s1. The fourth-order valence-electron chi connectivity index (χ4n) is 3.34. The lowest BCUT2D eigenvalue weighted by Gasteiger charge is -2.34. The zero-order chi connectivity index (χ0) is 21.0. The largest absolute Gasteiger partial charge is 0.444 e. The summed E-state index contributed by atoms with van der Waals surface area (Å²) in [5, 5.41) is 0. The molecule has 1 fully saturated rings. The number of aromatic nitrogens is 4. The van der Waals surface area contributed by atoms with E-state index in [1.165, 1.54) is 0 Å². The predicted octanol–water partition coefficient (Wildman–Crippen LogP) is 3.53. The lowest BCUT2D eigenvalue weighted by Crippen LogP contribution is -2.43. The normalized spacial score (nSPS) is 17.1. The zero-order valence-electron chi connectivity index (χ0n) is 17.9. The summed E-state index contributed by atoms with van der Waals surface area (Å²) in [6, 6.07) is 1.94. The molecule has 0 unspecified atom stereocenters. The molecule has 3 rings (SSSR count). The highest BCUT2D eigenvalue weighted by molar-refractivity contribution is 5.68. The molecule has 29 heavy (non-hydrogen) atoms. The van der Waals surface area contributed by atoms with Crippen LogP contribution in [0, 0.1) is 12.8 Å². The topological polar surface area (TPSA) is 84.3 Å². The van der Waals surface area contributed by atoms with E-state index in [0.717, 1.165) is 37.2 Å². The van der Waals surface area contributed by atoms with E-state index in [1.807, 2.05) is 50.6 Å². The number of ether oxygens (including phenoxy) is 1. The average Bonchev–Trinajstić information content (AvgIpc) is 2.67. The van der Waals surface area contributed by atoms with E-state index >= 15 is 0 Å². The van der Waals surface area contributed by atoms with Crippen LogP contribution in [0.15, 0.2) is 24.7 Å². The second-order valence-corrected chi connectivity index (χ2v) is 8.56. The molecule has 8 heteroatoms. The van der Waals surface area contributed by atoms with Crippen LogP contribution >= 0.6 is 0 Å². The van der Waals surface area contributed by atoms with Gasteiger partial charge in [-0.3, -0.25) is 9.88 Å². The molecule has 1 atom stereocenters. The molecule has 0 bridgehead atoms. The van der Waals surface area contributed by atoms with Crippen molar-refractivity contribution in [3.8, 4) is 0 Å². The SMILES string of the molecule is Cc1cnc(N(C)c2nccc(C[C@H]3CCCN(C(=O)OC(C)(C)C)C3)n2)cn1. The fourth-order valence-corrected chi connectivity index (χ4v) is 3.34. The highest BCUT2D eigenvalue weighted by Gasteiger charge is 2.28. The van der Waals surface area contributed by atoms with Crippen LogP contribution in [0.4, 0.5) is 16.6 Å². The molecular formula is C21H30N6O2. The number of piperidine rings is 1. The van der Waals surface area contributed by atoms with Gasteiger partial charge in [0, 0.05) is 32.0 Å². The number of carbonyl (C=O) groups is 1. The van der Waals surface area contributed by atoms with Gasteiger partial charge >= 0.3 is 6.09 Å². The van der Waals surface area contributed by atoms with Crippen molar-refractivity contribution in [1.82, 2.24) is 24.8 Å². The molecule has 1 aliphatic heterocycles. The molecule has 1 saturated heterocycles. The maximum atomic E-state index is 12.4. The van der Waals surface area contributed by atoms with Crippen LogP contribution < -0.4 is 4.90 Å². The molecule has 0 N–H and O–H groups in total. The molecule has 1 aliphatic rings. The lowest BCUT2D eigenvalue weighted by atomic mass is 9.93. The van der Waals surface area contributed by atoms with Gasteiger partial charge in [0.2, 0.25) is 5.95 Å². The predicted molar refractivity (Wildman–Crippen MR) is 111 cm³/mol. The van der Waals surface area contributed by atoms with Crippen molar-refractivity contribution in [2.45, 2.75) is 52.6 Å². The Labute approximate surface area is 172 Å². The maximum absolute atomic E-state index is 12.4. The summed E-state index contributed by atoms with van der Waals surface area (Å²) in [6.07, 6.45) is 7.81. The summed E-state index contributed by atoms with van der Waals surface area (Å²) in [5.41, 5.74) is 1.34. The zero-order valence-corrected chi connectivity index (χ0v) is 17.9. The summed E-state index contributed by atoms with van der Waals surface area (Å²) < 4.78 is 5.53. The number of carbonyl (C=O) groups excluding carboxylic acids is 1. The maximum Gasteiger partial charge on any atom is 0.410 e. The first-order chi connectivity index (χ1) is 13.7. The Morgan fingerprint density at radius 2 is 2.07 bits per heavy atom. The molecule has 1 amide bonds. The van der Waals surface area contributed by atoms with E-state index in [0.29, 0.717) is 24.2 Å². The van der Waals surface area contributed by atoms with Crippen molar-refractivity contribution in [3.05, 3.63) is 36.0 Å². The van der Waals surface area contributed by atoms with E-state index in [9.17, 15) is 4.79 Å². The Hall–Kier alpha value is -2.77. The molecule has 2 aromatic heterocycles. The van der Waals surface area contributed by atoms with E-state index in [2.05, 4.69) is 15.0 Å². The van der Waals surface area contributed by atoms with Crippen LogP contribution in [0.5, 0.6) is 0 Å². The van der Waals surface area contributed by atoms with Crippen molar-refractivity contribution in [2.24, 2.45) is 5.92 Å². The van der Waals surface area contributed by atoms with Crippen LogP contribution in [0.1, 0.15) is 45.0 Å². The van der Waals surface area contributed by atoms with Gasteiger partial charge in [0.25, 0.3) is 0 Å². The van der Waals surface area contributed by atoms with Crippen molar-refractivity contribution in [1.29, 1.82) is 0 Å². The quantitative estimate of drug-likeness (QED) is 0.779. The van der Waals surface area contributed by atoms with Crippen molar-refractivity contribution < 1.29 is 9.53 Å². The van der Waals surface area contributed by atoms with Gasteiger partial charge < -0.3 is 9.64 Å². The summed E-state index contributed by atoms with van der Waals surface area (Å²) in [6.45, 7) is 9.01. The number of rotatable bonds is 4. The average molecular weight is 399 g/mol. The summed E-state index contributed by atoms with van der Waals surface area (Å²) in [7, 11) is 1.88. The highest BCUT2D eigenvalue weighted by atomic mass is 16.6. The third-order valence-corrected chi connectivity index (χ3v) is 4.78. The van der Waals surface area contributed by atoms with E-state index in [1.54, 1.807) is 18.6 Å². The number of hydrogen-bond donors (Lipinski definition) is 0. The first kappa shape index (κ1) is 21.0. The van der Waals surface area contributed by atoms with Gasteiger partial charge in [0.15, 0.2) is 5.82 Å². The summed E-state index contributed by atoms with van der Waals surface area (Å²) >= 11 is 0. The number of amides is 1. The van der Waals surface area contributed by atoms with Crippen LogP contribution in [-0.4, -0.2) is 56.7 Å². The Kier molecular flexibility index (Phi) is 6.30. The van der Waals surface area contributed by atoms with E-state index in [-0.39, 0.29) is 6.09 Å². The highest BCUT2D eigenvalue weighted by Crippen LogP contribution is 2.23. The molecule has 8 nitrogen and oxygen atoms in total. The first-order valence-corrected chi connectivity index (χ1v) is 10.0.